The highest BCUT2D eigenvalue weighted by atomic mass is 19.1. The normalized spacial score (nSPS) is 22.3. The fourth-order valence-corrected chi connectivity index (χ4v) is 4.88. The van der Waals surface area contributed by atoms with Gasteiger partial charge in [-0.3, -0.25) is 9.59 Å². The predicted octanol–water partition coefficient (Wildman–Crippen LogP) is 4.96. The second-order valence-electron chi connectivity index (χ2n) is 9.98. The molecule has 2 N–H and O–H groups in total. The molecule has 2 aliphatic rings. The largest absolute Gasteiger partial charge is 0.436 e. The Morgan fingerprint density at radius 3 is 2.68 bits per heavy atom. The summed E-state index contributed by atoms with van der Waals surface area (Å²) in [6, 6.07) is 11.4. The Hall–Kier alpha value is -3.06. The first-order valence-electron chi connectivity index (χ1n) is 12.1. The van der Waals surface area contributed by atoms with E-state index in [-0.39, 0.29) is 29.3 Å². The summed E-state index contributed by atoms with van der Waals surface area (Å²) >= 11 is 0. The molecule has 1 aromatic heterocycles. The van der Waals surface area contributed by atoms with Gasteiger partial charge in [-0.1, -0.05) is 13.3 Å². The van der Waals surface area contributed by atoms with Crippen LogP contribution >= 0.6 is 0 Å². The second kappa shape index (κ2) is 8.95. The number of Topliss-reactive ketones (excluding diaryl/α,β-unsaturated/α-hetero) is 1. The molecular formula is C27H30FN3O3. The Balaban J connectivity index is 1.27. The van der Waals surface area contributed by atoms with Gasteiger partial charge in [0.2, 0.25) is 5.89 Å². The number of carbonyl (C=O) groups excluding carboxylic acids is 2. The van der Waals surface area contributed by atoms with E-state index in [0.717, 1.165) is 37.7 Å². The molecule has 0 radical (unpaired) electrons. The number of rotatable bonds is 5. The van der Waals surface area contributed by atoms with Gasteiger partial charge < -0.3 is 15.1 Å². The highest BCUT2D eigenvalue weighted by molar-refractivity contribution is 5.95. The Morgan fingerprint density at radius 1 is 1.18 bits per heavy atom. The van der Waals surface area contributed by atoms with Crippen molar-refractivity contribution in [3.63, 3.8) is 0 Å². The Bertz CT molecular complexity index is 1220. The Kier molecular flexibility index (Phi) is 5.98. The molecule has 1 saturated carbocycles. The van der Waals surface area contributed by atoms with Gasteiger partial charge in [0.15, 0.2) is 11.4 Å². The van der Waals surface area contributed by atoms with Crippen LogP contribution in [0.4, 0.5) is 4.39 Å². The van der Waals surface area contributed by atoms with Crippen LogP contribution in [0.25, 0.3) is 22.6 Å². The maximum Gasteiger partial charge on any atom is 0.253 e. The van der Waals surface area contributed by atoms with Crippen molar-refractivity contribution in [3.05, 3.63) is 53.8 Å². The van der Waals surface area contributed by atoms with Crippen LogP contribution in [0.3, 0.4) is 0 Å². The number of aromatic nitrogens is 1. The van der Waals surface area contributed by atoms with E-state index in [9.17, 15) is 14.0 Å². The lowest BCUT2D eigenvalue weighted by Crippen LogP contribution is -2.41. The number of hydrogen-bond acceptors (Lipinski definition) is 5. The SMILES string of the molecule is C[C@H]1CN(C(=O)c2ccc(-c3nc4ccc(F)cc4o3)cc2)CCCCC1CC(=O)C1(N)CC1. The first kappa shape index (κ1) is 22.7. The zero-order chi connectivity index (χ0) is 23.9. The third kappa shape index (κ3) is 4.62. The lowest BCUT2D eigenvalue weighted by molar-refractivity contribution is -0.122. The average molecular weight is 464 g/mol. The molecule has 1 saturated heterocycles. The minimum atomic E-state index is -0.581. The highest BCUT2D eigenvalue weighted by Gasteiger charge is 2.46. The van der Waals surface area contributed by atoms with Gasteiger partial charge >= 0.3 is 0 Å². The molecular weight excluding hydrogens is 433 g/mol. The molecule has 7 heteroatoms. The first-order chi connectivity index (χ1) is 16.3. The molecule has 2 fully saturated rings. The van der Waals surface area contributed by atoms with Gasteiger partial charge in [-0.2, -0.15) is 0 Å². The van der Waals surface area contributed by atoms with E-state index in [4.69, 9.17) is 10.2 Å². The van der Waals surface area contributed by atoms with E-state index in [1.54, 1.807) is 30.3 Å². The van der Waals surface area contributed by atoms with E-state index in [1.165, 1.54) is 12.1 Å². The maximum atomic E-state index is 13.4. The summed E-state index contributed by atoms with van der Waals surface area (Å²) < 4.78 is 19.1. The number of ketones is 1. The molecule has 34 heavy (non-hydrogen) atoms. The minimum absolute atomic E-state index is 0.0116. The predicted molar refractivity (Wildman–Crippen MR) is 128 cm³/mol. The molecule has 2 atom stereocenters. The number of amides is 1. The van der Waals surface area contributed by atoms with Crippen molar-refractivity contribution >= 4 is 22.8 Å². The van der Waals surface area contributed by atoms with Crippen LogP contribution in [0.1, 0.15) is 55.8 Å². The van der Waals surface area contributed by atoms with Crippen molar-refractivity contribution < 1.29 is 18.4 Å². The molecule has 178 valence electrons. The number of likely N-dealkylation sites (tertiary alicyclic amines) is 1. The number of nitrogens with zero attached hydrogens (tertiary/aromatic N) is 2. The molecule has 6 nitrogen and oxygen atoms in total. The van der Waals surface area contributed by atoms with E-state index in [0.29, 0.717) is 42.1 Å². The van der Waals surface area contributed by atoms with Crippen LogP contribution < -0.4 is 5.73 Å². The van der Waals surface area contributed by atoms with Gasteiger partial charge in [0.05, 0.1) is 5.54 Å². The van der Waals surface area contributed by atoms with Crippen molar-refractivity contribution in [3.8, 4) is 11.5 Å². The summed E-state index contributed by atoms with van der Waals surface area (Å²) in [5.41, 5.74) is 7.84. The van der Waals surface area contributed by atoms with Crippen LogP contribution in [-0.2, 0) is 4.79 Å². The third-order valence-corrected chi connectivity index (χ3v) is 7.37. The molecule has 1 unspecified atom stereocenters. The Labute approximate surface area is 198 Å². The molecule has 3 aromatic rings. The van der Waals surface area contributed by atoms with E-state index < -0.39 is 5.54 Å². The number of carbonyl (C=O) groups is 2. The van der Waals surface area contributed by atoms with Crippen LogP contribution in [0.2, 0.25) is 0 Å². The van der Waals surface area contributed by atoms with E-state index in [1.807, 2.05) is 4.90 Å². The summed E-state index contributed by atoms with van der Waals surface area (Å²) in [4.78, 5) is 32.2. The molecule has 1 aliphatic heterocycles. The first-order valence-corrected chi connectivity index (χ1v) is 12.1. The van der Waals surface area contributed by atoms with Crippen LogP contribution in [-0.4, -0.2) is 40.2 Å². The van der Waals surface area contributed by atoms with Gasteiger partial charge in [0, 0.05) is 36.7 Å². The van der Waals surface area contributed by atoms with Crippen molar-refractivity contribution in [1.82, 2.24) is 9.88 Å². The number of fused-ring (bicyclic) bond motifs is 1. The lowest BCUT2D eigenvalue weighted by Gasteiger charge is -2.33. The zero-order valence-corrected chi connectivity index (χ0v) is 19.4. The fourth-order valence-electron chi connectivity index (χ4n) is 4.88. The van der Waals surface area contributed by atoms with Gasteiger partial charge in [0.1, 0.15) is 11.3 Å². The number of nitrogens with two attached hydrogens (primary N) is 1. The second-order valence-corrected chi connectivity index (χ2v) is 9.98. The van der Waals surface area contributed by atoms with Crippen LogP contribution in [0.15, 0.2) is 46.9 Å². The zero-order valence-electron chi connectivity index (χ0n) is 19.4. The Morgan fingerprint density at radius 2 is 1.94 bits per heavy atom. The van der Waals surface area contributed by atoms with Gasteiger partial charge in [0.25, 0.3) is 5.91 Å². The van der Waals surface area contributed by atoms with E-state index in [2.05, 4.69) is 11.9 Å². The lowest BCUT2D eigenvalue weighted by atomic mass is 9.82. The molecule has 1 amide bonds. The molecule has 0 spiro atoms. The number of halogens is 1. The average Bonchev–Trinajstić information content (AvgIpc) is 3.44. The van der Waals surface area contributed by atoms with Gasteiger partial charge in [-0.05, 0) is 73.9 Å². The topological polar surface area (TPSA) is 89.4 Å². The van der Waals surface area contributed by atoms with Crippen LogP contribution in [0, 0.1) is 17.7 Å². The summed E-state index contributed by atoms with van der Waals surface area (Å²) in [6.45, 7) is 3.48. The number of oxazole rings is 1. The highest BCUT2D eigenvalue weighted by Crippen LogP contribution is 2.37. The van der Waals surface area contributed by atoms with Gasteiger partial charge in [-0.15, -0.1) is 0 Å². The molecule has 1 aliphatic carbocycles. The summed E-state index contributed by atoms with van der Waals surface area (Å²) in [5, 5.41) is 0. The van der Waals surface area contributed by atoms with Crippen molar-refractivity contribution in [2.75, 3.05) is 13.1 Å². The third-order valence-electron chi connectivity index (χ3n) is 7.37. The van der Waals surface area contributed by atoms with Crippen molar-refractivity contribution in [1.29, 1.82) is 0 Å². The maximum absolute atomic E-state index is 13.4. The smallest absolute Gasteiger partial charge is 0.253 e. The fraction of sp³-hybridized carbons (Fsp3) is 0.444. The van der Waals surface area contributed by atoms with E-state index >= 15 is 0 Å². The standard InChI is InChI=1S/C27H30FN3O3/c1-17-16-31(13-3-2-4-20(17)14-24(32)27(29)11-12-27)26(33)19-7-5-18(6-8-19)25-30-22-10-9-21(28)15-23(22)34-25/h5-10,15,17,20H,2-4,11-14,16,29H2,1H3/t17-,20?/m0/s1. The monoisotopic (exact) mass is 463 g/mol. The number of benzene rings is 2. The molecule has 5 rings (SSSR count). The summed E-state index contributed by atoms with van der Waals surface area (Å²) in [5.74, 6) is 0.675. The van der Waals surface area contributed by atoms with Crippen LogP contribution in [0.5, 0.6) is 0 Å². The molecule has 0 bridgehead atoms. The summed E-state index contributed by atoms with van der Waals surface area (Å²) in [7, 11) is 0. The molecule has 2 aromatic carbocycles. The van der Waals surface area contributed by atoms with Crippen molar-refractivity contribution in [2.45, 2.75) is 51.0 Å². The number of hydrogen-bond donors (Lipinski definition) is 1. The quantitative estimate of drug-likeness (QED) is 0.577. The van der Waals surface area contributed by atoms with Crippen molar-refractivity contribution in [2.24, 2.45) is 17.6 Å². The van der Waals surface area contributed by atoms with Gasteiger partial charge in [-0.25, -0.2) is 9.37 Å². The minimum Gasteiger partial charge on any atom is -0.436 e. The molecule has 2 heterocycles. The summed E-state index contributed by atoms with van der Waals surface area (Å²) in [6.07, 6.45) is 5.05.